The summed E-state index contributed by atoms with van der Waals surface area (Å²) < 4.78 is 69.0. The van der Waals surface area contributed by atoms with E-state index in [0.717, 1.165) is 22.9 Å². The lowest BCUT2D eigenvalue weighted by molar-refractivity contribution is -0.153. The van der Waals surface area contributed by atoms with Crippen molar-refractivity contribution in [3.8, 4) is 5.69 Å². The number of hydrogen-bond acceptors (Lipinski definition) is 5. The second-order valence-corrected chi connectivity index (χ2v) is 8.63. The van der Waals surface area contributed by atoms with Crippen molar-refractivity contribution in [3.63, 3.8) is 0 Å². The zero-order chi connectivity index (χ0) is 27.2. The quantitative estimate of drug-likeness (QED) is 0.499. The number of aliphatic hydroxyl groups excluding tert-OH is 1. The number of amides is 2. The number of pyridine rings is 2. The number of carbonyl (C=O) groups excluding carboxylic acids is 2. The van der Waals surface area contributed by atoms with Crippen LogP contribution < -0.4 is 15.6 Å². The van der Waals surface area contributed by atoms with Gasteiger partial charge >= 0.3 is 6.18 Å². The van der Waals surface area contributed by atoms with Gasteiger partial charge in [0.1, 0.15) is 29.1 Å². The van der Waals surface area contributed by atoms with Gasteiger partial charge in [-0.1, -0.05) is 6.92 Å². The van der Waals surface area contributed by atoms with E-state index in [0.29, 0.717) is 6.07 Å². The molecule has 0 aliphatic carbocycles. The van der Waals surface area contributed by atoms with Crippen molar-refractivity contribution < 1.29 is 36.6 Å². The lowest BCUT2D eigenvalue weighted by Crippen LogP contribution is -2.46. The van der Waals surface area contributed by atoms with Gasteiger partial charge in [-0.3, -0.25) is 23.9 Å². The molecular formula is C24H21F5N4O4. The Kier molecular flexibility index (Phi) is 6.76. The molecule has 8 nitrogen and oxygen atoms in total. The summed E-state index contributed by atoms with van der Waals surface area (Å²) in [4.78, 5) is 43.8. The lowest BCUT2D eigenvalue weighted by atomic mass is 10.1. The topological polar surface area (TPSA) is 105 Å². The predicted molar refractivity (Wildman–Crippen MR) is 122 cm³/mol. The Morgan fingerprint density at radius 3 is 2.49 bits per heavy atom. The molecule has 1 aromatic carbocycles. The molecule has 4 rings (SSSR count). The van der Waals surface area contributed by atoms with Crippen LogP contribution in [0.2, 0.25) is 0 Å². The van der Waals surface area contributed by atoms with Crippen LogP contribution in [-0.2, 0) is 4.79 Å². The van der Waals surface area contributed by atoms with E-state index in [1.165, 1.54) is 24.0 Å². The van der Waals surface area contributed by atoms with Gasteiger partial charge in [-0.05, 0) is 37.6 Å². The highest BCUT2D eigenvalue weighted by Crippen LogP contribution is 2.28. The molecule has 0 radical (unpaired) electrons. The molecule has 13 heteroatoms. The van der Waals surface area contributed by atoms with Crippen molar-refractivity contribution in [1.82, 2.24) is 14.9 Å². The average molecular weight is 524 g/mol. The minimum Gasteiger partial charge on any atom is -0.390 e. The van der Waals surface area contributed by atoms with E-state index in [2.05, 4.69) is 4.98 Å². The Morgan fingerprint density at radius 2 is 1.92 bits per heavy atom. The van der Waals surface area contributed by atoms with E-state index in [1.807, 2.05) is 0 Å². The summed E-state index contributed by atoms with van der Waals surface area (Å²) in [5.74, 6) is -3.81. The zero-order valence-corrected chi connectivity index (χ0v) is 19.5. The van der Waals surface area contributed by atoms with Crippen LogP contribution >= 0.6 is 0 Å². The largest absolute Gasteiger partial charge is 0.408 e. The van der Waals surface area contributed by atoms with Crippen LogP contribution in [0.15, 0.2) is 41.3 Å². The molecule has 3 heterocycles. The van der Waals surface area contributed by atoms with E-state index in [4.69, 9.17) is 0 Å². The minimum atomic E-state index is -4.77. The van der Waals surface area contributed by atoms with E-state index in [1.54, 1.807) is 12.2 Å². The van der Waals surface area contributed by atoms with E-state index >= 15 is 0 Å². The molecule has 0 bridgehead atoms. The summed E-state index contributed by atoms with van der Waals surface area (Å²) in [7, 11) is 0. The molecule has 1 fully saturated rings. The number of aliphatic hydroxyl groups is 1. The standard InChI is InChI=1S/C24H21F5N4O4/c1-3-18(24(27,28)29)30-23(37)14-10-32(16-6-4-12(25)8-15(16)26)22-13(21(14)36)5-7-19(31-22)33-11(2)17(34)9-20(33)35/h4-8,10-11,17-18,34H,3,9H2,1-2H3,(H,30,37). The van der Waals surface area contributed by atoms with E-state index in [9.17, 15) is 41.4 Å². The Morgan fingerprint density at radius 1 is 1.22 bits per heavy atom. The fourth-order valence-electron chi connectivity index (χ4n) is 4.18. The molecule has 1 aliphatic heterocycles. The number of benzene rings is 1. The molecule has 3 atom stereocenters. The third kappa shape index (κ3) is 4.78. The Bertz CT molecular complexity index is 1460. The normalized spacial score (nSPS) is 18.9. The molecule has 2 N–H and O–H groups in total. The van der Waals surface area contributed by atoms with Gasteiger partial charge in [-0.25, -0.2) is 13.8 Å². The number of nitrogens with one attached hydrogen (secondary N) is 1. The predicted octanol–water partition coefficient (Wildman–Crippen LogP) is 3.22. The van der Waals surface area contributed by atoms with E-state index in [-0.39, 0.29) is 29.0 Å². The zero-order valence-electron chi connectivity index (χ0n) is 19.5. The molecule has 196 valence electrons. The molecule has 0 saturated carbocycles. The monoisotopic (exact) mass is 524 g/mol. The number of hydrogen-bond donors (Lipinski definition) is 2. The Labute approximate surface area is 206 Å². The second kappa shape index (κ2) is 9.54. The summed E-state index contributed by atoms with van der Waals surface area (Å²) in [6, 6.07) is 2.02. The first-order valence-corrected chi connectivity index (χ1v) is 11.2. The maximum atomic E-state index is 14.8. The fourth-order valence-corrected chi connectivity index (χ4v) is 4.18. The van der Waals surface area contributed by atoms with Gasteiger partial charge in [0.2, 0.25) is 11.3 Å². The summed E-state index contributed by atoms with van der Waals surface area (Å²) in [6.45, 7) is 2.78. The van der Waals surface area contributed by atoms with Crippen molar-refractivity contribution in [1.29, 1.82) is 0 Å². The van der Waals surface area contributed by atoms with E-state index < -0.39 is 65.2 Å². The third-order valence-electron chi connectivity index (χ3n) is 6.22. The molecule has 37 heavy (non-hydrogen) atoms. The Hall–Kier alpha value is -3.87. The molecular weight excluding hydrogens is 503 g/mol. The summed E-state index contributed by atoms with van der Waals surface area (Å²) in [5.41, 5.74) is -2.31. The maximum Gasteiger partial charge on any atom is 0.408 e. The fraction of sp³-hybridized carbons (Fsp3) is 0.333. The van der Waals surface area contributed by atoms with Gasteiger partial charge in [-0.2, -0.15) is 13.2 Å². The number of aromatic nitrogens is 2. The number of alkyl halides is 3. The van der Waals surface area contributed by atoms with Crippen molar-refractivity contribution in [3.05, 3.63) is 63.9 Å². The van der Waals surface area contributed by atoms with Crippen molar-refractivity contribution in [2.45, 2.75) is 51.1 Å². The summed E-state index contributed by atoms with van der Waals surface area (Å²) in [5, 5.41) is 11.6. The number of halogens is 5. The molecule has 3 aromatic rings. The van der Waals surface area contributed by atoms with Crippen molar-refractivity contribution in [2.24, 2.45) is 0 Å². The first kappa shape index (κ1) is 26.2. The first-order chi connectivity index (χ1) is 17.3. The smallest absolute Gasteiger partial charge is 0.390 e. The van der Waals surface area contributed by atoms with Gasteiger partial charge in [0, 0.05) is 12.3 Å². The van der Waals surface area contributed by atoms with Crippen LogP contribution in [0.25, 0.3) is 16.7 Å². The molecule has 2 aromatic heterocycles. The Balaban J connectivity index is 1.94. The highest BCUT2D eigenvalue weighted by atomic mass is 19.4. The molecule has 1 aliphatic rings. The molecule has 2 amide bonds. The SMILES string of the molecule is CCC(NC(=O)c1cn(-c2ccc(F)cc2F)c2nc(N3C(=O)CC(O)C3C)ccc2c1=O)C(F)(F)F. The summed E-state index contributed by atoms with van der Waals surface area (Å²) >= 11 is 0. The number of nitrogens with zero attached hydrogens (tertiary/aromatic N) is 3. The second-order valence-electron chi connectivity index (χ2n) is 8.63. The summed E-state index contributed by atoms with van der Waals surface area (Å²) in [6.07, 6.45) is -5.60. The van der Waals surface area contributed by atoms with Gasteiger partial charge in [0.25, 0.3) is 5.91 Å². The van der Waals surface area contributed by atoms with Gasteiger partial charge in [0.15, 0.2) is 5.65 Å². The number of anilines is 1. The maximum absolute atomic E-state index is 14.8. The lowest BCUT2D eigenvalue weighted by Gasteiger charge is -2.23. The molecule has 0 spiro atoms. The third-order valence-corrected chi connectivity index (χ3v) is 6.22. The van der Waals surface area contributed by atoms with Crippen molar-refractivity contribution >= 4 is 28.7 Å². The van der Waals surface area contributed by atoms with Crippen LogP contribution in [0.1, 0.15) is 37.0 Å². The van der Waals surface area contributed by atoms with Gasteiger partial charge in [-0.15, -0.1) is 0 Å². The molecule has 3 unspecified atom stereocenters. The van der Waals surface area contributed by atoms with Gasteiger partial charge < -0.3 is 10.4 Å². The first-order valence-electron chi connectivity index (χ1n) is 11.2. The van der Waals surface area contributed by atoms with Crippen LogP contribution in [0, 0.1) is 11.6 Å². The van der Waals surface area contributed by atoms with Crippen LogP contribution in [-0.4, -0.2) is 50.8 Å². The molecule has 1 saturated heterocycles. The van der Waals surface area contributed by atoms with Gasteiger partial charge in [0.05, 0.1) is 29.6 Å². The van der Waals surface area contributed by atoms with Crippen LogP contribution in [0.3, 0.4) is 0 Å². The highest BCUT2D eigenvalue weighted by Gasteiger charge is 2.40. The number of carbonyl (C=O) groups is 2. The minimum absolute atomic E-state index is 0.0116. The average Bonchev–Trinajstić information content (AvgIpc) is 3.08. The number of fused-ring (bicyclic) bond motifs is 1. The van der Waals surface area contributed by atoms with Crippen LogP contribution in [0.4, 0.5) is 27.8 Å². The van der Waals surface area contributed by atoms with Crippen molar-refractivity contribution in [2.75, 3.05) is 4.90 Å². The number of rotatable bonds is 5. The highest BCUT2D eigenvalue weighted by molar-refractivity contribution is 5.99. The van der Waals surface area contributed by atoms with Crippen LogP contribution in [0.5, 0.6) is 0 Å².